The van der Waals surface area contributed by atoms with E-state index >= 15 is 0 Å². The van der Waals surface area contributed by atoms with Crippen molar-refractivity contribution in [3.05, 3.63) is 406 Å². The minimum atomic E-state index is -0.383. The lowest BCUT2D eigenvalue weighted by Gasteiger charge is -2.46. The molecule has 115 heavy (non-hydrogen) atoms. The molecular weight excluding hydrogens is 1390 g/mol. The standard InChI is InChI=1S/C110H75BN4/c1-110(2,3)80-66-103-107-104(67-80)115(109-93(74-34-12-6-13-35-74)64-79(65-94(109)75-36-14-7-15-37-75)86-51-29-43-71-39-17-21-45-84(71)86)102-69-82(113-98-53-27-25-49-90(98)106-88-47-23-19-41-77(88)55-61-100(106)113)57-59-96(102)111(107)95-58-56-81(112-97-52-26-24-48-89(97)105-87-46-22-18-40-76(87)54-60-99(105)112)68-101(95)114(103)108-91(72-30-8-4-9-31-72)62-78(63-92(108)73-32-10-5-11-33-73)85-50-28-42-70-38-16-20-44-83(70)85/h4-69H,1-3H3. The third-order valence-corrected chi connectivity index (χ3v) is 24.8. The summed E-state index contributed by atoms with van der Waals surface area (Å²) in [5.74, 6) is 0. The van der Waals surface area contributed by atoms with Gasteiger partial charge < -0.3 is 18.9 Å². The molecule has 538 valence electrons. The second kappa shape index (κ2) is 26.0. The third-order valence-electron chi connectivity index (χ3n) is 24.8. The first kappa shape index (κ1) is 66.3. The highest BCUT2D eigenvalue weighted by atomic mass is 15.2. The van der Waals surface area contributed by atoms with Gasteiger partial charge >= 0.3 is 0 Å². The Morgan fingerprint density at radius 2 is 0.548 bits per heavy atom. The van der Waals surface area contributed by atoms with Gasteiger partial charge in [-0.3, -0.25) is 0 Å². The zero-order valence-corrected chi connectivity index (χ0v) is 64.0. The summed E-state index contributed by atoms with van der Waals surface area (Å²) < 4.78 is 5.08. The molecule has 23 rings (SSSR count). The van der Waals surface area contributed by atoms with Crippen LogP contribution in [0.25, 0.3) is 165 Å². The average molecular weight is 1460 g/mol. The largest absolute Gasteiger partial charge is 0.310 e. The van der Waals surface area contributed by atoms with Crippen molar-refractivity contribution >= 4 is 144 Å². The van der Waals surface area contributed by atoms with Gasteiger partial charge in [0.2, 0.25) is 0 Å². The summed E-state index contributed by atoms with van der Waals surface area (Å²) in [4.78, 5) is 5.48. The maximum absolute atomic E-state index is 2.74. The summed E-state index contributed by atoms with van der Waals surface area (Å²) in [6, 6.07) is 152. The van der Waals surface area contributed by atoms with Crippen LogP contribution < -0.4 is 26.2 Å². The van der Waals surface area contributed by atoms with E-state index in [1.165, 1.54) is 97.7 Å². The Bertz CT molecular complexity index is 7010. The summed E-state index contributed by atoms with van der Waals surface area (Å²) in [5, 5.41) is 14.7. The van der Waals surface area contributed by atoms with Gasteiger partial charge in [0, 0.05) is 77.9 Å². The SMILES string of the molecule is CC(C)(C)c1cc2c3c(c1)N(c1c(-c4ccccc4)cc(-c4cccc5ccccc45)cc1-c1ccccc1)c1cc(-n4c5ccccc5c5c6ccccc6ccc54)ccc1B3c1ccc(-n3c4ccccc4c4c5ccccc5ccc43)cc1N2c1c(-c2ccccc2)cc(-c2cccc3ccccc23)cc1-c1ccccc1. The Morgan fingerprint density at radius 3 is 0.922 bits per heavy atom. The summed E-state index contributed by atoms with van der Waals surface area (Å²) in [6.07, 6.45) is 0. The van der Waals surface area contributed by atoms with E-state index in [0.29, 0.717) is 0 Å². The quantitative estimate of drug-likeness (QED) is 0.127. The molecule has 0 saturated heterocycles. The highest BCUT2D eigenvalue weighted by molar-refractivity contribution is 7.00. The van der Waals surface area contributed by atoms with Crippen LogP contribution in [0.2, 0.25) is 0 Å². The topological polar surface area (TPSA) is 16.3 Å². The molecule has 5 heteroatoms. The molecule has 2 aromatic heterocycles. The molecule has 21 aromatic rings. The van der Waals surface area contributed by atoms with Crippen LogP contribution in [0.5, 0.6) is 0 Å². The Morgan fingerprint density at radius 1 is 0.226 bits per heavy atom. The van der Waals surface area contributed by atoms with Crippen LogP contribution in [-0.4, -0.2) is 15.8 Å². The van der Waals surface area contributed by atoms with Crippen LogP contribution in [0.1, 0.15) is 26.3 Å². The number of para-hydroxylation sites is 2. The third kappa shape index (κ3) is 10.4. The fourth-order valence-corrected chi connectivity index (χ4v) is 19.6. The number of aromatic nitrogens is 2. The molecule has 0 N–H and O–H groups in total. The smallest absolute Gasteiger partial charge is 0.252 e. The molecule has 0 saturated carbocycles. The highest BCUT2D eigenvalue weighted by Crippen LogP contribution is 2.57. The maximum atomic E-state index is 2.74. The second-order valence-corrected chi connectivity index (χ2v) is 32.2. The van der Waals surface area contributed by atoms with Crippen molar-refractivity contribution < 1.29 is 0 Å². The molecule has 4 heterocycles. The monoisotopic (exact) mass is 1460 g/mol. The minimum absolute atomic E-state index is 0.297. The zero-order chi connectivity index (χ0) is 76.1. The van der Waals surface area contributed by atoms with Gasteiger partial charge in [-0.1, -0.05) is 336 Å². The summed E-state index contributed by atoms with van der Waals surface area (Å²) in [5.41, 5.74) is 31.5. The first-order valence-corrected chi connectivity index (χ1v) is 40.2. The van der Waals surface area contributed by atoms with Crippen LogP contribution >= 0.6 is 0 Å². The molecule has 0 radical (unpaired) electrons. The molecule has 0 aliphatic carbocycles. The average Bonchev–Trinajstić information content (AvgIpc) is 0.935. The van der Waals surface area contributed by atoms with E-state index in [-0.39, 0.29) is 12.1 Å². The van der Waals surface area contributed by atoms with Crippen molar-refractivity contribution in [3.8, 4) is 78.1 Å². The van der Waals surface area contributed by atoms with Crippen molar-refractivity contribution in [2.24, 2.45) is 0 Å². The minimum Gasteiger partial charge on any atom is -0.310 e. The number of hydrogen-bond donors (Lipinski definition) is 0. The molecule has 0 bridgehead atoms. The first-order chi connectivity index (χ1) is 56.7. The van der Waals surface area contributed by atoms with Crippen molar-refractivity contribution in [1.29, 1.82) is 0 Å². The molecule has 2 aliphatic rings. The van der Waals surface area contributed by atoms with Crippen molar-refractivity contribution in [2.45, 2.75) is 26.2 Å². The van der Waals surface area contributed by atoms with E-state index in [1.54, 1.807) is 0 Å². The molecule has 0 amide bonds. The molecule has 2 aliphatic heterocycles. The van der Waals surface area contributed by atoms with Crippen molar-refractivity contribution in [1.82, 2.24) is 9.13 Å². The summed E-state index contributed by atoms with van der Waals surface area (Å²) in [7, 11) is 0. The van der Waals surface area contributed by atoms with E-state index in [2.05, 4.69) is 440 Å². The zero-order valence-electron chi connectivity index (χ0n) is 64.0. The molecule has 0 atom stereocenters. The Balaban J connectivity index is 0.897. The van der Waals surface area contributed by atoms with E-state index in [4.69, 9.17) is 0 Å². The van der Waals surface area contributed by atoms with Gasteiger partial charge in [0.15, 0.2) is 0 Å². The van der Waals surface area contributed by atoms with Crippen molar-refractivity contribution in [2.75, 3.05) is 9.80 Å². The number of anilines is 6. The highest BCUT2D eigenvalue weighted by Gasteiger charge is 2.47. The van der Waals surface area contributed by atoms with Gasteiger partial charge in [-0.2, -0.15) is 0 Å². The second-order valence-electron chi connectivity index (χ2n) is 32.2. The lowest BCUT2D eigenvalue weighted by Crippen LogP contribution is -2.61. The van der Waals surface area contributed by atoms with E-state index < -0.39 is 0 Å². The van der Waals surface area contributed by atoms with Crippen LogP contribution in [0.3, 0.4) is 0 Å². The van der Waals surface area contributed by atoms with Crippen LogP contribution in [-0.2, 0) is 5.41 Å². The molecular formula is C110H75BN4. The molecule has 4 nitrogen and oxygen atoms in total. The van der Waals surface area contributed by atoms with Crippen LogP contribution in [0.15, 0.2) is 400 Å². The lowest BCUT2D eigenvalue weighted by molar-refractivity contribution is 0.590. The van der Waals surface area contributed by atoms with Gasteiger partial charge in [-0.25, -0.2) is 0 Å². The maximum Gasteiger partial charge on any atom is 0.252 e. The van der Waals surface area contributed by atoms with E-state index in [0.717, 1.165) is 123 Å². The van der Waals surface area contributed by atoms with E-state index in [9.17, 15) is 0 Å². The Hall–Kier alpha value is -14.5. The lowest BCUT2D eigenvalue weighted by atomic mass is 9.33. The van der Waals surface area contributed by atoms with Gasteiger partial charge in [0.25, 0.3) is 6.71 Å². The number of rotatable bonds is 10. The number of nitrogens with zero attached hydrogens (tertiary/aromatic N) is 4. The number of benzene rings is 19. The Kier molecular flexibility index (Phi) is 15.0. The number of fused-ring (bicyclic) bond motifs is 16. The normalized spacial score (nSPS) is 12.6. The van der Waals surface area contributed by atoms with E-state index in [1.807, 2.05) is 0 Å². The molecule has 0 fully saturated rings. The summed E-state index contributed by atoms with van der Waals surface area (Å²) in [6.45, 7) is 6.92. The first-order valence-electron chi connectivity index (χ1n) is 40.2. The molecule has 0 spiro atoms. The van der Waals surface area contributed by atoms with Gasteiger partial charge in [-0.15, -0.1) is 0 Å². The van der Waals surface area contributed by atoms with Gasteiger partial charge in [0.1, 0.15) is 0 Å². The van der Waals surface area contributed by atoms with Gasteiger partial charge in [0.05, 0.1) is 33.4 Å². The molecule has 19 aromatic carbocycles. The fourth-order valence-electron chi connectivity index (χ4n) is 19.6. The van der Waals surface area contributed by atoms with Crippen molar-refractivity contribution in [3.63, 3.8) is 0 Å². The predicted molar refractivity (Wildman–Crippen MR) is 490 cm³/mol. The van der Waals surface area contributed by atoms with Crippen LogP contribution in [0.4, 0.5) is 34.1 Å². The van der Waals surface area contributed by atoms with Crippen LogP contribution in [0, 0.1) is 0 Å². The number of hydrogen-bond acceptors (Lipinski definition) is 2. The van der Waals surface area contributed by atoms with Gasteiger partial charge in [-0.05, 0) is 200 Å². The fraction of sp³-hybridized carbons (Fsp3) is 0.0364. The molecule has 0 unspecified atom stereocenters. The predicted octanol–water partition coefficient (Wildman–Crippen LogP) is 27.9. The Labute approximate surface area is 668 Å². The summed E-state index contributed by atoms with van der Waals surface area (Å²) >= 11 is 0.